The molecule has 0 aromatic rings. The van der Waals surface area contributed by atoms with E-state index in [0.717, 1.165) is 0 Å². The number of hydrogen-bond acceptors (Lipinski definition) is 7. The van der Waals surface area contributed by atoms with Crippen molar-refractivity contribution in [3.8, 4) is 0 Å². The van der Waals surface area contributed by atoms with Crippen LogP contribution in [0.5, 0.6) is 0 Å². The lowest BCUT2D eigenvalue weighted by molar-refractivity contribution is -0.179. The van der Waals surface area contributed by atoms with E-state index in [-0.39, 0.29) is 18.9 Å². The van der Waals surface area contributed by atoms with Gasteiger partial charge in [-0.1, -0.05) is 0 Å². The molecular weight excluding hydrogens is 232 g/mol. The monoisotopic (exact) mass is 248 g/mol. The molecule has 2 saturated heterocycles. The molecular formula is C9H16N2O6. The van der Waals surface area contributed by atoms with Gasteiger partial charge in [-0.05, 0) is 0 Å². The third-order valence-corrected chi connectivity index (χ3v) is 3.05. The van der Waals surface area contributed by atoms with Gasteiger partial charge in [-0.15, -0.1) is 0 Å². The molecule has 98 valence electrons. The second kappa shape index (κ2) is 4.84. The first-order chi connectivity index (χ1) is 8.04. The number of carbonyl (C=O) groups excluding carboxylic acids is 1. The summed E-state index contributed by atoms with van der Waals surface area (Å²) in [6.45, 7) is -0.218. The van der Waals surface area contributed by atoms with E-state index in [1.54, 1.807) is 0 Å². The summed E-state index contributed by atoms with van der Waals surface area (Å²) in [6.07, 6.45) is -5.38. The first-order valence-electron chi connectivity index (χ1n) is 5.40. The van der Waals surface area contributed by atoms with Crippen molar-refractivity contribution in [1.29, 1.82) is 0 Å². The summed E-state index contributed by atoms with van der Waals surface area (Å²) >= 11 is 0. The molecule has 0 aromatic heterocycles. The number of amides is 1. The molecule has 0 spiro atoms. The molecule has 5 atom stereocenters. The topological polar surface area (TPSA) is 122 Å². The molecule has 2 fully saturated rings. The van der Waals surface area contributed by atoms with Gasteiger partial charge in [0, 0.05) is 13.0 Å². The van der Waals surface area contributed by atoms with Crippen LogP contribution < -0.4 is 5.32 Å². The van der Waals surface area contributed by atoms with Crippen LogP contribution >= 0.6 is 0 Å². The highest BCUT2D eigenvalue weighted by atomic mass is 16.6. The number of nitrogens with one attached hydrogen (secondary N) is 1. The van der Waals surface area contributed by atoms with E-state index in [0.29, 0.717) is 0 Å². The minimum atomic E-state index is -1.26. The summed E-state index contributed by atoms with van der Waals surface area (Å²) in [6, 6.07) is 0. The Morgan fingerprint density at radius 1 is 1.35 bits per heavy atom. The van der Waals surface area contributed by atoms with Crippen molar-refractivity contribution in [2.24, 2.45) is 0 Å². The lowest BCUT2D eigenvalue weighted by atomic mass is 10.1. The summed E-state index contributed by atoms with van der Waals surface area (Å²) in [4.78, 5) is 12.3. The van der Waals surface area contributed by atoms with Crippen LogP contribution in [-0.4, -0.2) is 75.3 Å². The van der Waals surface area contributed by atoms with Gasteiger partial charge in [0.1, 0.15) is 24.5 Å². The van der Waals surface area contributed by atoms with Crippen LogP contribution in [0.25, 0.3) is 0 Å². The molecule has 2 aliphatic rings. The molecule has 0 bridgehead atoms. The smallest absolute Gasteiger partial charge is 0.224 e. The largest absolute Gasteiger partial charge is 0.394 e. The molecule has 17 heavy (non-hydrogen) atoms. The van der Waals surface area contributed by atoms with E-state index in [9.17, 15) is 20.1 Å². The predicted octanol–water partition coefficient (Wildman–Crippen LogP) is -3.48. The summed E-state index contributed by atoms with van der Waals surface area (Å²) in [5, 5.41) is 40.1. The van der Waals surface area contributed by atoms with Gasteiger partial charge in [0.25, 0.3) is 0 Å². The Morgan fingerprint density at radius 3 is 2.59 bits per heavy atom. The van der Waals surface area contributed by atoms with Crippen molar-refractivity contribution in [2.45, 2.75) is 37.3 Å². The second-order valence-electron chi connectivity index (χ2n) is 4.16. The number of ether oxygens (including phenoxy) is 1. The van der Waals surface area contributed by atoms with Crippen LogP contribution in [0.3, 0.4) is 0 Å². The lowest BCUT2D eigenvalue weighted by Gasteiger charge is -2.37. The van der Waals surface area contributed by atoms with Gasteiger partial charge in [0.2, 0.25) is 5.91 Å². The van der Waals surface area contributed by atoms with Crippen molar-refractivity contribution >= 4 is 5.91 Å². The maximum absolute atomic E-state index is 11.0. The average Bonchev–Trinajstić information content (AvgIpc) is 2.57. The van der Waals surface area contributed by atoms with E-state index in [4.69, 9.17) is 9.84 Å². The summed E-state index contributed by atoms with van der Waals surface area (Å²) in [5.41, 5.74) is 0. The SMILES string of the molecule is O=C1CCN([C@@H]2O[C@H](CO)C(O)C2O)C(O)N1. The molecule has 8 heteroatoms. The van der Waals surface area contributed by atoms with Gasteiger partial charge >= 0.3 is 0 Å². The molecule has 0 radical (unpaired) electrons. The number of nitrogens with zero attached hydrogens (tertiary/aromatic N) is 1. The Labute approximate surface area is 97.4 Å². The normalized spacial score (nSPS) is 43.8. The highest BCUT2D eigenvalue weighted by Gasteiger charge is 2.47. The summed E-state index contributed by atoms with van der Waals surface area (Å²) < 4.78 is 5.24. The first-order valence-corrected chi connectivity index (χ1v) is 5.40. The number of rotatable bonds is 2. The van der Waals surface area contributed by atoms with Crippen LogP contribution in [0.4, 0.5) is 0 Å². The number of carbonyl (C=O) groups is 1. The Morgan fingerprint density at radius 2 is 2.06 bits per heavy atom. The molecule has 0 saturated carbocycles. The van der Waals surface area contributed by atoms with Gasteiger partial charge in [0.05, 0.1) is 6.61 Å². The molecule has 2 heterocycles. The third-order valence-electron chi connectivity index (χ3n) is 3.05. The fourth-order valence-electron chi connectivity index (χ4n) is 2.07. The van der Waals surface area contributed by atoms with Gasteiger partial charge in [-0.2, -0.15) is 0 Å². The molecule has 2 aliphatic heterocycles. The fourth-order valence-corrected chi connectivity index (χ4v) is 2.07. The maximum atomic E-state index is 11.0. The standard InChI is InChI=1S/C9H16N2O6/c12-3-4-6(14)7(15)8(17-4)11-2-1-5(13)10-9(11)16/h4,6-9,12,14-16H,1-3H2,(H,10,13)/t4-,6?,7?,8-,9?/m1/s1. The maximum Gasteiger partial charge on any atom is 0.224 e. The lowest BCUT2D eigenvalue weighted by Crippen LogP contribution is -2.60. The van der Waals surface area contributed by atoms with Gasteiger partial charge in [0.15, 0.2) is 6.35 Å². The summed E-state index contributed by atoms with van der Waals surface area (Å²) in [7, 11) is 0. The molecule has 1 amide bonds. The van der Waals surface area contributed by atoms with Gasteiger partial charge in [-0.25, -0.2) is 4.90 Å². The predicted molar refractivity (Wildman–Crippen MR) is 53.2 cm³/mol. The summed E-state index contributed by atoms with van der Waals surface area (Å²) in [5.74, 6) is -0.291. The van der Waals surface area contributed by atoms with Crippen molar-refractivity contribution < 1.29 is 30.0 Å². The Bertz CT molecular complexity index is 301. The first kappa shape index (κ1) is 12.7. The van der Waals surface area contributed by atoms with Crippen molar-refractivity contribution in [1.82, 2.24) is 10.2 Å². The highest BCUT2D eigenvalue weighted by molar-refractivity contribution is 5.76. The number of hydrogen-bond donors (Lipinski definition) is 5. The van der Waals surface area contributed by atoms with Gasteiger partial charge in [-0.3, -0.25) is 4.79 Å². The molecule has 0 aromatic carbocycles. The quantitative estimate of drug-likeness (QED) is 0.344. The average molecular weight is 248 g/mol. The van der Waals surface area contributed by atoms with Gasteiger partial charge < -0.3 is 30.5 Å². The Balaban J connectivity index is 2.05. The number of aliphatic hydroxyl groups is 4. The number of aliphatic hydroxyl groups excluding tert-OH is 4. The zero-order valence-electron chi connectivity index (χ0n) is 9.06. The van der Waals surface area contributed by atoms with E-state index in [1.165, 1.54) is 4.90 Å². The van der Waals surface area contributed by atoms with Crippen LogP contribution in [0, 0.1) is 0 Å². The van der Waals surface area contributed by atoms with Crippen molar-refractivity contribution in [3.05, 3.63) is 0 Å². The van der Waals surface area contributed by atoms with Crippen LogP contribution in [0.2, 0.25) is 0 Å². The fraction of sp³-hybridized carbons (Fsp3) is 0.889. The van der Waals surface area contributed by atoms with E-state index in [1.807, 2.05) is 0 Å². The molecule has 3 unspecified atom stereocenters. The van der Waals surface area contributed by atoms with E-state index >= 15 is 0 Å². The van der Waals surface area contributed by atoms with Crippen molar-refractivity contribution in [3.63, 3.8) is 0 Å². The molecule has 0 aliphatic carbocycles. The van der Waals surface area contributed by atoms with Crippen LogP contribution in [0.1, 0.15) is 6.42 Å². The van der Waals surface area contributed by atoms with E-state index in [2.05, 4.69) is 5.32 Å². The van der Waals surface area contributed by atoms with E-state index < -0.39 is 37.5 Å². The van der Waals surface area contributed by atoms with Crippen LogP contribution in [-0.2, 0) is 9.53 Å². The Hall–Kier alpha value is -0.770. The molecule has 2 rings (SSSR count). The molecule has 5 N–H and O–H groups in total. The minimum absolute atomic E-state index is 0.170. The second-order valence-corrected chi connectivity index (χ2v) is 4.16. The Kier molecular flexibility index (Phi) is 3.61. The van der Waals surface area contributed by atoms with Crippen LogP contribution in [0.15, 0.2) is 0 Å². The van der Waals surface area contributed by atoms with Crippen molar-refractivity contribution in [2.75, 3.05) is 13.2 Å². The zero-order chi connectivity index (χ0) is 12.6. The molecule has 8 nitrogen and oxygen atoms in total. The highest BCUT2D eigenvalue weighted by Crippen LogP contribution is 2.25. The minimum Gasteiger partial charge on any atom is -0.394 e. The third kappa shape index (κ3) is 2.28. The zero-order valence-corrected chi connectivity index (χ0v) is 9.06.